The third-order valence-electron chi connectivity index (χ3n) is 4.00. The highest BCUT2D eigenvalue weighted by Crippen LogP contribution is 2.24. The number of esters is 1. The van der Waals surface area contributed by atoms with E-state index < -0.39 is 5.97 Å². The van der Waals surface area contributed by atoms with Gasteiger partial charge in [-0.15, -0.1) is 0 Å². The van der Waals surface area contributed by atoms with Gasteiger partial charge in [-0.3, -0.25) is 4.79 Å². The third kappa shape index (κ3) is 5.75. The van der Waals surface area contributed by atoms with E-state index in [4.69, 9.17) is 21.1 Å². The fraction of sp³-hybridized carbons (Fsp3) is 0.529. The molecule has 0 saturated heterocycles. The van der Waals surface area contributed by atoms with Crippen LogP contribution in [0.4, 0.5) is 0 Å². The van der Waals surface area contributed by atoms with Crippen molar-refractivity contribution in [1.29, 1.82) is 0 Å². The van der Waals surface area contributed by atoms with Gasteiger partial charge >= 0.3 is 5.97 Å². The van der Waals surface area contributed by atoms with E-state index in [0.717, 1.165) is 19.3 Å². The van der Waals surface area contributed by atoms with Crippen molar-refractivity contribution in [2.75, 3.05) is 13.2 Å². The fourth-order valence-corrected chi connectivity index (χ4v) is 2.86. The molecule has 0 heterocycles. The summed E-state index contributed by atoms with van der Waals surface area (Å²) in [5, 5.41) is 3.35. The molecule has 1 aliphatic rings. The Bertz CT molecular complexity index is 549. The molecule has 0 unspecified atom stereocenters. The monoisotopic (exact) mass is 339 g/mol. The van der Waals surface area contributed by atoms with Crippen molar-refractivity contribution in [2.24, 2.45) is 5.92 Å². The minimum Gasteiger partial charge on any atom is -0.480 e. The molecule has 1 amide bonds. The van der Waals surface area contributed by atoms with Gasteiger partial charge in [-0.2, -0.15) is 0 Å². The maximum atomic E-state index is 11.8. The predicted octanol–water partition coefficient (Wildman–Crippen LogP) is 2.96. The van der Waals surface area contributed by atoms with Crippen LogP contribution in [0.1, 0.15) is 32.6 Å². The fourth-order valence-electron chi connectivity index (χ4n) is 2.67. The molecule has 0 radical (unpaired) electrons. The summed E-state index contributed by atoms with van der Waals surface area (Å²) < 4.78 is 10.2. The number of amides is 1. The van der Waals surface area contributed by atoms with Gasteiger partial charge in [0.1, 0.15) is 5.75 Å². The van der Waals surface area contributed by atoms with Crippen LogP contribution in [0, 0.1) is 5.92 Å². The van der Waals surface area contributed by atoms with Crippen LogP contribution in [0.15, 0.2) is 24.3 Å². The first-order valence-electron chi connectivity index (χ1n) is 7.88. The van der Waals surface area contributed by atoms with Crippen molar-refractivity contribution in [2.45, 2.75) is 38.6 Å². The summed E-state index contributed by atoms with van der Waals surface area (Å²) in [5.74, 6) is 0.00478. The second-order valence-electron chi connectivity index (χ2n) is 5.82. The van der Waals surface area contributed by atoms with E-state index in [-0.39, 0.29) is 25.2 Å². The molecule has 5 nitrogen and oxygen atoms in total. The number of ether oxygens (including phenoxy) is 2. The normalized spacial score (nSPS) is 20.6. The molecule has 0 aliphatic heterocycles. The molecule has 1 N–H and O–H groups in total. The summed E-state index contributed by atoms with van der Waals surface area (Å²) in [4.78, 5) is 23.5. The van der Waals surface area contributed by atoms with Crippen LogP contribution in [0.2, 0.25) is 5.02 Å². The van der Waals surface area contributed by atoms with E-state index in [2.05, 4.69) is 12.2 Å². The van der Waals surface area contributed by atoms with Crippen molar-refractivity contribution in [1.82, 2.24) is 5.32 Å². The minimum atomic E-state index is -0.600. The predicted molar refractivity (Wildman–Crippen MR) is 87.5 cm³/mol. The number of nitrogens with one attached hydrogen (secondary N) is 1. The second kappa shape index (κ2) is 8.77. The van der Waals surface area contributed by atoms with Crippen LogP contribution in [0.25, 0.3) is 0 Å². The number of hydrogen-bond donors (Lipinski definition) is 1. The lowest BCUT2D eigenvalue weighted by molar-refractivity contribution is -0.150. The van der Waals surface area contributed by atoms with E-state index >= 15 is 0 Å². The largest absolute Gasteiger partial charge is 0.480 e. The first kappa shape index (κ1) is 17.6. The van der Waals surface area contributed by atoms with Gasteiger partial charge in [0, 0.05) is 6.04 Å². The SMILES string of the molecule is C[C@H]1CCCC[C@H]1NC(=O)COC(=O)COc1ccccc1Cl. The van der Waals surface area contributed by atoms with Gasteiger partial charge in [-0.25, -0.2) is 4.79 Å². The third-order valence-corrected chi connectivity index (χ3v) is 4.32. The number of halogens is 1. The number of hydrogen-bond acceptors (Lipinski definition) is 4. The molecule has 1 aliphatic carbocycles. The Balaban J connectivity index is 1.67. The Hall–Kier alpha value is -1.75. The summed E-state index contributed by atoms with van der Waals surface area (Å²) in [7, 11) is 0. The zero-order chi connectivity index (χ0) is 16.7. The zero-order valence-electron chi connectivity index (χ0n) is 13.2. The lowest BCUT2D eigenvalue weighted by atomic mass is 9.86. The van der Waals surface area contributed by atoms with Gasteiger partial charge in [0.15, 0.2) is 13.2 Å². The standard InChI is InChI=1S/C17H22ClNO4/c1-12-6-2-4-8-14(12)19-16(20)10-23-17(21)11-22-15-9-5-3-7-13(15)18/h3,5,7,9,12,14H,2,4,6,8,10-11H2,1H3,(H,19,20)/t12-,14+/m0/s1. The zero-order valence-corrected chi connectivity index (χ0v) is 14.0. The average molecular weight is 340 g/mol. The molecule has 1 aromatic rings. The van der Waals surface area contributed by atoms with Crippen molar-refractivity contribution in [3.05, 3.63) is 29.3 Å². The van der Waals surface area contributed by atoms with Crippen LogP contribution >= 0.6 is 11.6 Å². The highest BCUT2D eigenvalue weighted by molar-refractivity contribution is 6.32. The van der Waals surface area contributed by atoms with Gasteiger partial charge in [-0.1, -0.05) is 43.5 Å². The average Bonchev–Trinajstić information content (AvgIpc) is 2.54. The van der Waals surface area contributed by atoms with Crippen LogP contribution in [0.5, 0.6) is 5.75 Å². The van der Waals surface area contributed by atoms with E-state index in [9.17, 15) is 9.59 Å². The number of rotatable bonds is 6. The molecule has 0 aromatic heterocycles. The van der Waals surface area contributed by atoms with Crippen LogP contribution in [-0.4, -0.2) is 31.1 Å². The summed E-state index contributed by atoms with van der Waals surface area (Å²) in [5.41, 5.74) is 0. The summed E-state index contributed by atoms with van der Waals surface area (Å²) in [6.45, 7) is 1.57. The molecule has 6 heteroatoms. The molecular weight excluding hydrogens is 318 g/mol. The summed E-state index contributed by atoms with van der Waals surface area (Å²) >= 11 is 5.92. The topological polar surface area (TPSA) is 64.6 Å². The summed E-state index contributed by atoms with van der Waals surface area (Å²) in [6.07, 6.45) is 4.44. The number of para-hydroxylation sites is 1. The van der Waals surface area contributed by atoms with Gasteiger partial charge < -0.3 is 14.8 Å². The minimum absolute atomic E-state index is 0.175. The van der Waals surface area contributed by atoms with Gasteiger partial charge in [0.05, 0.1) is 5.02 Å². The van der Waals surface area contributed by atoms with Crippen molar-refractivity contribution in [3.63, 3.8) is 0 Å². The maximum absolute atomic E-state index is 11.8. The van der Waals surface area contributed by atoms with E-state index in [1.54, 1.807) is 24.3 Å². The van der Waals surface area contributed by atoms with Crippen molar-refractivity contribution in [3.8, 4) is 5.75 Å². The highest BCUT2D eigenvalue weighted by atomic mass is 35.5. The number of benzene rings is 1. The maximum Gasteiger partial charge on any atom is 0.344 e. The Labute approximate surface area is 141 Å². The molecule has 1 aromatic carbocycles. The first-order chi connectivity index (χ1) is 11.1. The van der Waals surface area contributed by atoms with Crippen LogP contribution < -0.4 is 10.1 Å². The van der Waals surface area contributed by atoms with E-state index in [0.29, 0.717) is 16.7 Å². The van der Waals surface area contributed by atoms with Crippen LogP contribution in [-0.2, 0) is 14.3 Å². The molecular formula is C17H22ClNO4. The molecule has 1 saturated carbocycles. The summed E-state index contributed by atoms with van der Waals surface area (Å²) in [6, 6.07) is 7.03. The first-order valence-corrected chi connectivity index (χ1v) is 8.26. The number of carbonyl (C=O) groups is 2. The van der Waals surface area contributed by atoms with Crippen molar-refractivity contribution >= 4 is 23.5 Å². The Morgan fingerprint density at radius 1 is 1.22 bits per heavy atom. The highest BCUT2D eigenvalue weighted by Gasteiger charge is 2.23. The molecule has 126 valence electrons. The Kier molecular flexibility index (Phi) is 6.71. The Morgan fingerprint density at radius 2 is 1.96 bits per heavy atom. The molecule has 23 heavy (non-hydrogen) atoms. The molecule has 0 bridgehead atoms. The van der Waals surface area contributed by atoms with Gasteiger partial charge in [0.25, 0.3) is 5.91 Å². The van der Waals surface area contributed by atoms with Crippen molar-refractivity contribution < 1.29 is 19.1 Å². The second-order valence-corrected chi connectivity index (χ2v) is 6.22. The van der Waals surface area contributed by atoms with Gasteiger partial charge in [0.2, 0.25) is 0 Å². The number of carbonyl (C=O) groups excluding carboxylic acids is 2. The van der Waals surface area contributed by atoms with Gasteiger partial charge in [-0.05, 0) is 30.9 Å². The molecule has 2 rings (SSSR count). The lowest BCUT2D eigenvalue weighted by Gasteiger charge is -2.29. The lowest BCUT2D eigenvalue weighted by Crippen LogP contribution is -2.43. The Morgan fingerprint density at radius 3 is 2.70 bits per heavy atom. The molecule has 2 atom stereocenters. The molecule has 0 spiro atoms. The van der Waals surface area contributed by atoms with E-state index in [1.165, 1.54) is 6.42 Å². The van der Waals surface area contributed by atoms with E-state index in [1.807, 2.05) is 0 Å². The quantitative estimate of drug-likeness (QED) is 0.809. The molecule has 1 fully saturated rings. The smallest absolute Gasteiger partial charge is 0.344 e. The van der Waals surface area contributed by atoms with Crippen LogP contribution in [0.3, 0.4) is 0 Å².